The molecule has 3 aromatic carbocycles. The minimum absolute atomic E-state index is 0.0393. The van der Waals surface area contributed by atoms with Crippen molar-refractivity contribution in [2.45, 2.75) is 39.5 Å². The Morgan fingerprint density at radius 2 is 1.75 bits per heavy atom. The molecule has 2 N–H and O–H groups in total. The third-order valence-corrected chi connectivity index (χ3v) is 7.15. The maximum absolute atomic E-state index is 12.5. The maximum atomic E-state index is 12.5. The SMILES string of the molecule is Cc1ccccc1C(=O)Nc1nnc(CC(=O)N/N=C\c2cc([N+](=O)[O-])ccc2OCCOc2ccc(C(C)(C)C)cc2)s1. The van der Waals surface area contributed by atoms with Gasteiger partial charge in [0.2, 0.25) is 11.0 Å². The first kappa shape index (κ1) is 31.8. The number of ether oxygens (including phenoxy) is 2. The van der Waals surface area contributed by atoms with Crippen LogP contribution in [0.1, 0.15) is 52.8 Å². The Kier molecular flexibility index (Phi) is 10.3. The highest BCUT2D eigenvalue weighted by molar-refractivity contribution is 7.15. The van der Waals surface area contributed by atoms with E-state index in [4.69, 9.17) is 9.47 Å². The van der Waals surface area contributed by atoms with Crippen LogP contribution in [0.25, 0.3) is 0 Å². The van der Waals surface area contributed by atoms with E-state index in [1.807, 2.05) is 43.3 Å². The van der Waals surface area contributed by atoms with Crippen LogP contribution >= 0.6 is 11.3 Å². The first-order valence-corrected chi connectivity index (χ1v) is 14.5. The summed E-state index contributed by atoms with van der Waals surface area (Å²) in [5.41, 5.74) is 5.08. The molecule has 0 saturated heterocycles. The molecule has 0 aliphatic rings. The number of nitro groups is 1. The molecule has 0 unspecified atom stereocenters. The standard InChI is InChI=1S/C31H32N6O6S/c1-20-7-5-6-8-25(20)29(39)33-30-36-35-28(44-30)18-27(38)34-32-19-21-17-23(37(40)41)11-14-26(21)43-16-15-42-24-12-9-22(10-13-24)31(2,3)4/h5-14,17,19H,15-16,18H2,1-4H3,(H,34,38)(H,33,36,39)/b32-19-. The van der Waals surface area contributed by atoms with E-state index in [2.05, 4.69) is 46.8 Å². The number of carbonyl (C=O) groups excluding carboxylic acids is 2. The summed E-state index contributed by atoms with van der Waals surface area (Å²) in [4.78, 5) is 35.7. The lowest BCUT2D eigenvalue weighted by molar-refractivity contribution is -0.384. The number of hydrogen-bond acceptors (Lipinski definition) is 10. The summed E-state index contributed by atoms with van der Waals surface area (Å²) in [7, 11) is 0. The fourth-order valence-corrected chi connectivity index (χ4v) is 4.70. The first-order valence-electron chi connectivity index (χ1n) is 13.7. The van der Waals surface area contributed by atoms with Crippen LogP contribution in [0, 0.1) is 17.0 Å². The molecule has 0 aliphatic carbocycles. The van der Waals surface area contributed by atoms with Crippen LogP contribution in [0.2, 0.25) is 0 Å². The van der Waals surface area contributed by atoms with Gasteiger partial charge in [-0.05, 0) is 47.7 Å². The lowest BCUT2D eigenvalue weighted by Gasteiger charge is -2.19. The number of hydrogen-bond donors (Lipinski definition) is 2. The molecule has 0 fully saturated rings. The Balaban J connectivity index is 1.30. The number of nitrogens with zero attached hydrogens (tertiary/aromatic N) is 4. The van der Waals surface area contributed by atoms with Gasteiger partial charge >= 0.3 is 0 Å². The topological polar surface area (TPSA) is 158 Å². The number of rotatable bonds is 12. The molecule has 0 bridgehead atoms. The number of aryl methyl sites for hydroxylation is 1. The number of anilines is 1. The summed E-state index contributed by atoms with van der Waals surface area (Å²) < 4.78 is 11.6. The Hall–Kier alpha value is -5.17. The number of amides is 2. The van der Waals surface area contributed by atoms with E-state index < -0.39 is 10.8 Å². The quantitative estimate of drug-likeness (QED) is 0.0920. The highest BCUT2D eigenvalue weighted by atomic mass is 32.1. The average Bonchev–Trinajstić information content (AvgIpc) is 3.41. The highest BCUT2D eigenvalue weighted by Crippen LogP contribution is 2.25. The second kappa shape index (κ2) is 14.3. The smallest absolute Gasteiger partial charge is 0.270 e. The van der Waals surface area contributed by atoms with Gasteiger partial charge in [0, 0.05) is 23.3 Å². The van der Waals surface area contributed by atoms with Crippen LogP contribution in [0.3, 0.4) is 0 Å². The van der Waals surface area contributed by atoms with Crippen LogP contribution < -0.4 is 20.2 Å². The van der Waals surface area contributed by atoms with Crippen molar-refractivity contribution in [3.05, 3.63) is 104 Å². The van der Waals surface area contributed by atoms with E-state index in [1.165, 1.54) is 30.0 Å². The molecule has 2 amide bonds. The molecule has 4 aromatic rings. The van der Waals surface area contributed by atoms with Gasteiger partial charge in [-0.15, -0.1) is 10.2 Å². The zero-order valence-electron chi connectivity index (χ0n) is 24.7. The summed E-state index contributed by atoms with van der Waals surface area (Å²) in [6.07, 6.45) is 1.13. The van der Waals surface area contributed by atoms with Crippen molar-refractivity contribution in [1.29, 1.82) is 0 Å². The van der Waals surface area contributed by atoms with Gasteiger partial charge in [-0.2, -0.15) is 5.10 Å². The van der Waals surface area contributed by atoms with Crippen LogP contribution in [0.4, 0.5) is 10.8 Å². The van der Waals surface area contributed by atoms with Crippen molar-refractivity contribution in [1.82, 2.24) is 15.6 Å². The summed E-state index contributed by atoms with van der Waals surface area (Å²) in [6, 6.07) is 19.1. The summed E-state index contributed by atoms with van der Waals surface area (Å²) >= 11 is 1.06. The first-order chi connectivity index (χ1) is 21.0. The summed E-state index contributed by atoms with van der Waals surface area (Å²) in [5.74, 6) is 0.216. The fraction of sp³-hybridized carbons (Fsp3) is 0.258. The Bertz CT molecular complexity index is 1660. The average molecular weight is 617 g/mol. The molecule has 0 spiro atoms. The predicted octanol–water partition coefficient (Wildman–Crippen LogP) is 5.46. The van der Waals surface area contributed by atoms with Gasteiger partial charge in [0.1, 0.15) is 29.7 Å². The lowest BCUT2D eigenvalue weighted by Crippen LogP contribution is -2.19. The molecule has 44 heavy (non-hydrogen) atoms. The van der Waals surface area contributed by atoms with Gasteiger partial charge < -0.3 is 9.47 Å². The number of carbonyl (C=O) groups is 2. The Morgan fingerprint density at radius 1 is 1.02 bits per heavy atom. The van der Waals surface area contributed by atoms with E-state index in [0.29, 0.717) is 27.6 Å². The molecule has 0 aliphatic heterocycles. The van der Waals surface area contributed by atoms with Crippen molar-refractivity contribution in [3.63, 3.8) is 0 Å². The van der Waals surface area contributed by atoms with Crippen molar-refractivity contribution in [3.8, 4) is 11.5 Å². The minimum atomic E-state index is -0.533. The number of aromatic nitrogens is 2. The number of nitrogens with one attached hydrogen (secondary N) is 2. The molecule has 4 rings (SSSR count). The van der Waals surface area contributed by atoms with Crippen LogP contribution in [0.15, 0.2) is 71.8 Å². The van der Waals surface area contributed by atoms with Crippen molar-refractivity contribution in [2.24, 2.45) is 5.10 Å². The summed E-state index contributed by atoms with van der Waals surface area (Å²) in [5, 5.41) is 26.4. The van der Waals surface area contributed by atoms with E-state index in [1.54, 1.807) is 12.1 Å². The monoisotopic (exact) mass is 616 g/mol. The fourth-order valence-electron chi connectivity index (χ4n) is 3.96. The molecule has 1 heterocycles. The number of non-ortho nitro benzene ring substituents is 1. The minimum Gasteiger partial charge on any atom is -0.490 e. The molecule has 0 saturated carbocycles. The number of benzene rings is 3. The van der Waals surface area contributed by atoms with Crippen molar-refractivity contribution in [2.75, 3.05) is 18.5 Å². The molecule has 12 nitrogen and oxygen atoms in total. The van der Waals surface area contributed by atoms with Gasteiger partial charge in [-0.3, -0.25) is 25.0 Å². The molecule has 228 valence electrons. The van der Waals surface area contributed by atoms with E-state index in [9.17, 15) is 19.7 Å². The molecular weight excluding hydrogens is 584 g/mol. The molecule has 0 atom stereocenters. The second-order valence-electron chi connectivity index (χ2n) is 10.7. The zero-order chi connectivity index (χ0) is 31.7. The molecule has 0 radical (unpaired) electrons. The second-order valence-corrected chi connectivity index (χ2v) is 11.8. The van der Waals surface area contributed by atoms with E-state index >= 15 is 0 Å². The zero-order valence-corrected chi connectivity index (χ0v) is 25.5. The third kappa shape index (κ3) is 8.91. The number of hydrazone groups is 1. The highest BCUT2D eigenvalue weighted by Gasteiger charge is 2.15. The number of nitro benzene ring substituents is 1. The van der Waals surface area contributed by atoms with Crippen molar-refractivity contribution < 1.29 is 24.0 Å². The van der Waals surface area contributed by atoms with Gasteiger partial charge in [-0.1, -0.05) is 62.4 Å². The molecular formula is C31H32N6O6S. The van der Waals surface area contributed by atoms with Crippen LogP contribution in [-0.2, 0) is 16.6 Å². The van der Waals surface area contributed by atoms with Crippen molar-refractivity contribution >= 4 is 40.2 Å². The van der Waals surface area contributed by atoms with Crippen LogP contribution in [-0.4, -0.2) is 46.4 Å². The van der Waals surface area contributed by atoms with Gasteiger partial charge in [0.05, 0.1) is 17.6 Å². The third-order valence-electron chi connectivity index (χ3n) is 6.32. The Morgan fingerprint density at radius 3 is 2.45 bits per heavy atom. The van der Waals surface area contributed by atoms with Crippen LogP contribution in [0.5, 0.6) is 11.5 Å². The predicted molar refractivity (Wildman–Crippen MR) is 168 cm³/mol. The summed E-state index contributed by atoms with van der Waals surface area (Å²) in [6.45, 7) is 8.66. The van der Waals surface area contributed by atoms with E-state index in [-0.39, 0.29) is 41.8 Å². The Labute approximate surface area is 258 Å². The molecule has 13 heteroatoms. The van der Waals surface area contributed by atoms with Gasteiger partial charge in [-0.25, -0.2) is 5.43 Å². The van der Waals surface area contributed by atoms with E-state index in [0.717, 1.165) is 16.9 Å². The normalized spacial score (nSPS) is 11.3. The maximum Gasteiger partial charge on any atom is 0.270 e. The lowest BCUT2D eigenvalue weighted by atomic mass is 9.87. The van der Waals surface area contributed by atoms with Gasteiger partial charge in [0.25, 0.3) is 11.6 Å². The van der Waals surface area contributed by atoms with Gasteiger partial charge in [0.15, 0.2) is 0 Å². The largest absolute Gasteiger partial charge is 0.490 e. The molecule has 1 aromatic heterocycles.